The molecular weight excluding hydrogens is 470 g/mol. The van der Waals surface area contributed by atoms with Crippen molar-refractivity contribution in [3.8, 4) is 16.8 Å². The first kappa shape index (κ1) is 24.9. The Hall–Kier alpha value is -3.82. The first-order chi connectivity index (χ1) is 18.1. The minimum Gasteiger partial charge on any atom is -0.477 e. The van der Waals surface area contributed by atoms with E-state index in [-0.39, 0.29) is 5.69 Å². The van der Waals surface area contributed by atoms with Crippen molar-refractivity contribution in [2.24, 2.45) is 0 Å². The minimum atomic E-state index is -1.08. The lowest BCUT2D eigenvalue weighted by Gasteiger charge is -2.24. The molecule has 0 aliphatic heterocycles. The van der Waals surface area contributed by atoms with Crippen LogP contribution in [0.2, 0.25) is 0 Å². The number of aromatic nitrogens is 4. The number of carboxylic acid groups (broad SMARTS) is 1. The summed E-state index contributed by atoms with van der Waals surface area (Å²) >= 11 is 0. The summed E-state index contributed by atoms with van der Waals surface area (Å²) in [5.74, 6) is 0.0550. The third kappa shape index (κ3) is 5.05. The van der Waals surface area contributed by atoms with Gasteiger partial charge in [0, 0.05) is 45.0 Å². The van der Waals surface area contributed by atoms with Crippen LogP contribution >= 0.6 is 0 Å². The van der Waals surface area contributed by atoms with Crippen molar-refractivity contribution in [2.45, 2.75) is 25.2 Å². The average molecular weight is 502 g/mol. The number of pyridine rings is 2. The minimum absolute atomic E-state index is 0.0226. The maximum absolute atomic E-state index is 12.1. The average Bonchev–Trinajstić information content (AvgIpc) is 3.27. The number of carbonyl (C=O) groups is 1. The van der Waals surface area contributed by atoms with E-state index < -0.39 is 5.97 Å². The Kier molecular flexibility index (Phi) is 7.43. The molecule has 9 heteroatoms. The summed E-state index contributed by atoms with van der Waals surface area (Å²) in [5, 5.41) is 15.8. The smallest absolute Gasteiger partial charge is 0.354 e. The molecule has 0 bridgehead atoms. The highest BCUT2D eigenvalue weighted by Crippen LogP contribution is 2.42. The molecule has 0 saturated heterocycles. The quantitative estimate of drug-likeness (QED) is 0.319. The summed E-state index contributed by atoms with van der Waals surface area (Å²) in [6, 6.07) is 15.3. The van der Waals surface area contributed by atoms with Crippen LogP contribution in [-0.4, -0.2) is 71.3 Å². The fourth-order valence-corrected chi connectivity index (χ4v) is 4.67. The van der Waals surface area contributed by atoms with Crippen LogP contribution < -0.4 is 4.90 Å². The van der Waals surface area contributed by atoms with Crippen LogP contribution in [0.25, 0.3) is 27.8 Å². The van der Waals surface area contributed by atoms with E-state index in [0.717, 1.165) is 53.0 Å². The number of benzene rings is 1. The van der Waals surface area contributed by atoms with E-state index >= 15 is 0 Å². The van der Waals surface area contributed by atoms with Crippen LogP contribution in [0.15, 0.2) is 54.7 Å². The fourth-order valence-electron chi connectivity index (χ4n) is 4.67. The Morgan fingerprint density at radius 1 is 1.08 bits per heavy atom. The predicted molar refractivity (Wildman–Crippen MR) is 142 cm³/mol. The molecular formula is C28H31N5O4. The number of methoxy groups -OCH3 is 2. The summed E-state index contributed by atoms with van der Waals surface area (Å²) in [4.78, 5) is 23.5. The zero-order valence-corrected chi connectivity index (χ0v) is 21.1. The van der Waals surface area contributed by atoms with Gasteiger partial charge in [-0.1, -0.05) is 24.6 Å². The van der Waals surface area contributed by atoms with Gasteiger partial charge < -0.3 is 19.5 Å². The van der Waals surface area contributed by atoms with Crippen molar-refractivity contribution in [3.05, 3.63) is 66.1 Å². The molecule has 1 saturated carbocycles. The summed E-state index contributed by atoms with van der Waals surface area (Å²) in [6.45, 7) is 2.52. The van der Waals surface area contributed by atoms with Gasteiger partial charge in [0.1, 0.15) is 5.82 Å². The van der Waals surface area contributed by atoms with Gasteiger partial charge in [-0.05, 0) is 48.7 Å². The molecule has 3 heterocycles. The van der Waals surface area contributed by atoms with Gasteiger partial charge in [-0.25, -0.2) is 19.4 Å². The lowest BCUT2D eigenvalue weighted by atomic mass is 9.81. The van der Waals surface area contributed by atoms with E-state index in [1.807, 2.05) is 42.5 Å². The van der Waals surface area contributed by atoms with Crippen LogP contribution in [-0.2, 0) is 9.47 Å². The van der Waals surface area contributed by atoms with E-state index in [1.165, 1.54) is 0 Å². The fraction of sp³-hybridized carbons (Fsp3) is 0.357. The highest BCUT2D eigenvalue weighted by atomic mass is 16.5. The van der Waals surface area contributed by atoms with Gasteiger partial charge in [-0.3, -0.25) is 0 Å². The lowest BCUT2D eigenvalue weighted by Crippen LogP contribution is -2.31. The maximum Gasteiger partial charge on any atom is 0.354 e. The second-order valence-corrected chi connectivity index (χ2v) is 9.20. The SMILES string of the molecule is COCCN(CCOC)c1ccc(-c2cc(C(=O)O)nc3c2c(C2CCC2)nn3-c2ccccc2)cn1. The first-order valence-electron chi connectivity index (χ1n) is 12.5. The van der Waals surface area contributed by atoms with Crippen molar-refractivity contribution in [2.75, 3.05) is 45.4 Å². The van der Waals surface area contributed by atoms with Gasteiger partial charge >= 0.3 is 5.97 Å². The Morgan fingerprint density at radius 2 is 1.81 bits per heavy atom. The van der Waals surface area contributed by atoms with Gasteiger partial charge in [0.15, 0.2) is 11.3 Å². The first-order valence-corrected chi connectivity index (χ1v) is 12.5. The van der Waals surface area contributed by atoms with E-state index in [0.29, 0.717) is 37.9 Å². The molecule has 9 nitrogen and oxygen atoms in total. The van der Waals surface area contributed by atoms with Crippen molar-refractivity contribution < 1.29 is 19.4 Å². The van der Waals surface area contributed by atoms with Crippen LogP contribution in [0.1, 0.15) is 41.4 Å². The van der Waals surface area contributed by atoms with Crippen LogP contribution in [0.5, 0.6) is 0 Å². The maximum atomic E-state index is 12.1. The van der Waals surface area contributed by atoms with Gasteiger partial charge in [-0.2, -0.15) is 5.10 Å². The molecule has 1 aliphatic carbocycles. The molecule has 37 heavy (non-hydrogen) atoms. The molecule has 0 amide bonds. The molecule has 1 N–H and O–H groups in total. The van der Waals surface area contributed by atoms with Crippen molar-refractivity contribution in [3.63, 3.8) is 0 Å². The second-order valence-electron chi connectivity index (χ2n) is 9.20. The van der Waals surface area contributed by atoms with E-state index in [4.69, 9.17) is 19.6 Å². The number of para-hydroxylation sites is 1. The summed E-state index contributed by atoms with van der Waals surface area (Å²) in [6.07, 6.45) is 5.08. The lowest BCUT2D eigenvalue weighted by molar-refractivity contribution is 0.0691. The van der Waals surface area contributed by atoms with Gasteiger partial charge in [0.05, 0.1) is 30.0 Å². The number of nitrogens with zero attached hydrogens (tertiary/aromatic N) is 5. The molecule has 0 unspecified atom stereocenters. The Labute approximate surface area is 215 Å². The van der Waals surface area contributed by atoms with Crippen molar-refractivity contribution >= 4 is 22.8 Å². The summed E-state index contributed by atoms with van der Waals surface area (Å²) in [5.41, 5.74) is 3.95. The Bertz CT molecular complexity index is 1360. The topological polar surface area (TPSA) is 103 Å². The molecule has 3 aromatic heterocycles. The number of fused-ring (bicyclic) bond motifs is 1. The van der Waals surface area contributed by atoms with Crippen LogP contribution in [0.3, 0.4) is 0 Å². The number of anilines is 1. The van der Waals surface area contributed by atoms with Gasteiger partial charge in [-0.15, -0.1) is 0 Å². The molecule has 4 aromatic rings. The molecule has 0 spiro atoms. The molecule has 1 fully saturated rings. The molecule has 192 valence electrons. The normalized spacial score (nSPS) is 13.6. The number of hydrogen-bond donors (Lipinski definition) is 1. The second kappa shape index (κ2) is 11.1. The monoisotopic (exact) mass is 501 g/mol. The summed E-state index contributed by atoms with van der Waals surface area (Å²) < 4.78 is 12.3. The van der Waals surface area contributed by atoms with Crippen LogP contribution in [0.4, 0.5) is 5.82 Å². The molecule has 0 radical (unpaired) electrons. The number of aromatic carboxylic acids is 1. The third-order valence-electron chi connectivity index (χ3n) is 6.89. The van der Waals surface area contributed by atoms with Gasteiger partial charge in [0.25, 0.3) is 0 Å². The Balaban J connectivity index is 1.64. The summed E-state index contributed by atoms with van der Waals surface area (Å²) in [7, 11) is 3.35. The highest BCUT2D eigenvalue weighted by Gasteiger charge is 2.29. The van der Waals surface area contributed by atoms with Crippen molar-refractivity contribution in [1.82, 2.24) is 19.7 Å². The van der Waals surface area contributed by atoms with E-state index in [1.54, 1.807) is 31.2 Å². The largest absolute Gasteiger partial charge is 0.477 e. The predicted octanol–water partition coefficient (Wildman–Crippen LogP) is 4.55. The number of hydrogen-bond acceptors (Lipinski definition) is 7. The zero-order valence-electron chi connectivity index (χ0n) is 21.1. The van der Waals surface area contributed by atoms with Crippen molar-refractivity contribution in [1.29, 1.82) is 0 Å². The number of rotatable bonds is 11. The molecule has 1 aromatic carbocycles. The Morgan fingerprint density at radius 3 is 2.38 bits per heavy atom. The number of carboxylic acids is 1. The standard InChI is InChI=1S/C28H31N5O4/c1-36-15-13-32(14-16-37-2)24-12-11-20(18-29-24)22-17-23(28(34)35)30-27-25(22)26(19-7-6-8-19)31-33(27)21-9-4-3-5-10-21/h3-5,9-12,17-19H,6-8,13-16H2,1-2H3,(H,34,35). The van der Waals surface area contributed by atoms with Crippen LogP contribution in [0, 0.1) is 0 Å². The molecule has 0 atom stereocenters. The highest BCUT2D eigenvalue weighted by molar-refractivity contribution is 6.00. The molecule has 1 aliphatic rings. The third-order valence-corrected chi connectivity index (χ3v) is 6.89. The zero-order chi connectivity index (χ0) is 25.8. The van der Waals surface area contributed by atoms with Gasteiger partial charge in [0.2, 0.25) is 0 Å². The molecule has 5 rings (SSSR count). The van der Waals surface area contributed by atoms with E-state index in [9.17, 15) is 9.90 Å². The number of ether oxygens (including phenoxy) is 2. The van der Waals surface area contributed by atoms with E-state index in [2.05, 4.69) is 9.88 Å².